The molecule has 0 amide bonds. The van der Waals surface area contributed by atoms with Gasteiger partial charge < -0.3 is 0 Å². The number of rotatable bonds is 4. The Hall–Kier alpha value is -3.39. The highest BCUT2D eigenvalue weighted by Crippen LogP contribution is 2.34. The van der Waals surface area contributed by atoms with E-state index in [2.05, 4.69) is 103 Å². The van der Waals surface area contributed by atoms with Gasteiger partial charge in [0.15, 0.2) is 0 Å². The van der Waals surface area contributed by atoms with Gasteiger partial charge in [-0.1, -0.05) is 66.7 Å². The summed E-state index contributed by atoms with van der Waals surface area (Å²) in [7, 11) is 0. The lowest BCUT2D eigenvalue weighted by molar-refractivity contribution is 1.18. The molecule has 2 heteroatoms. The summed E-state index contributed by atoms with van der Waals surface area (Å²) in [4.78, 5) is 7.17. The van der Waals surface area contributed by atoms with E-state index in [0.717, 1.165) is 28.5 Å². The molecule has 1 heterocycles. The van der Waals surface area contributed by atoms with Gasteiger partial charge in [-0.15, -0.1) is 0 Å². The van der Waals surface area contributed by atoms with Crippen molar-refractivity contribution in [2.45, 2.75) is 6.92 Å². The topological polar surface area (TPSA) is 16.1 Å². The first kappa shape index (κ1) is 16.1. The van der Waals surface area contributed by atoms with Crippen LogP contribution in [0.25, 0.3) is 11.3 Å². The van der Waals surface area contributed by atoms with Crippen LogP contribution in [0.4, 0.5) is 17.2 Å². The zero-order chi connectivity index (χ0) is 17.8. The monoisotopic (exact) mass is 336 g/mol. The SMILES string of the molecule is Cc1ccccc1-c1cccc(N(c2ccccc2)c2ccccc2)n1. The van der Waals surface area contributed by atoms with Crippen molar-refractivity contribution in [3.8, 4) is 11.3 Å². The lowest BCUT2D eigenvalue weighted by Gasteiger charge is -2.24. The Morgan fingerprint density at radius 1 is 0.577 bits per heavy atom. The molecule has 26 heavy (non-hydrogen) atoms. The van der Waals surface area contributed by atoms with Crippen LogP contribution < -0.4 is 4.90 Å². The van der Waals surface area contributed by atoms with Crippen molar-refractivity contribution in [3.05, 3.63) is 109 Å². The molecule has 0 N–H and O–H groups in total. The predicted octanol–water partition coefficient (Wildman–Crippen LogP) is 6.53. The van der Waals surface area contributed by atoms with Crippen molar-refractivity contribution in [2.75, 3.05) is 4.90 Å². The number of aromatic nitrogens is 1. The number of hydrogen-bond donors (Lipinski definition) is 0. The number of para-hydroxylation sites is 2. The van der Waals surface area contributed by atoms with Gasteiger partial charge in [-0.3, -0.25) is 4.90 Å². The smallest absolute Gasteiger partial charge is 0.138 e. The third-order valence-corrected chi connectivity index (χ3v) is 4.41. The molecule has 126 valence electrons. The summed E-state index contributed by atoms with van der Waals surface area (Å²) in [6, 6.07) is 35.3. The van der Waals surface area contributed by atoms with Crippen LogP contribution in [-0.4, -0.2) is 4.98 Å². The van der Waals surface area contributed by atoms with Crippen LogP contribution in [0.1, 0.15) is 5.56 Å². The van der Waals surface area contributed by atoms with Gasteiger partial charge in [-0.05, 0) is 48.9 Å². The molecule has 0 saturated heterocycles. The first-order chi connectivity index (χ1) is 12.8. The van der Waals surface area contributed by atoms with Gasteiger partial charge in [0.25, 0.3) is 0 Å². The van der Waals surface area contributed by atoms with Gasteiger partial charge in [0.05, 0.1) is 5.69 Å². The van der Waals surface area contributed by atoms with E-state index < -0.39 is 0 Å². The van der Waals surface area contributed by atoms with E-state index in [-0.39, 0.29) is 0 Å². The van der Waals surface area contributed by atoms with Crippen LogP contribution >= 0.6 is 0 Å². The molecular weight excluding hydrogens is 316 g/mol. The molecule has 0 bridgehead atoms. The predicted molar refractivity (Wildman–Crippen MR) is 109 cm³/mol. The minimum Gasteiger partial charge on any atom is -0.295 e. The molecule has 0 atom stereocenters. The van der Waals surface area contributed by atoms with Gasteiger partial charge in [-0.25, -0.2) is 4.98 Å². The first-order valence-corrected chi connectivity index (χ1v) is 8.76. The van der Waals surface area contributed by atoms with Gasteiger partial charge >= 0.3 is 0 Å². The molecule has 2 nitrogen and oxygen atoms in total. The Bertz CT molecular complexity index is 955. The van der Waals surface area contributed by atoms with Crippen molar-refractivity contribution in [2.24, 2.45) is 0 Å². The van der Waals surface area contributed by atoms with Crippen LogP contribution in [0.3, 0.4) is 0 Å². The Balaban J connectivity index is 1.85. The van der Waals surface area contributed by atoms with Gasteiger partial charge in [-0.2, -0.15) is 0 Å². The maximum atomic E-state index is 4.98. The lowest BCUT2D eigenvalue weighted by atomic mass is 10.1. The maximum Gasteiger partial charge on any atom is 0.138 e. The van der Waals surface area contributed by atoms with E-state index >= 15 is 0 Å². The second-order valence-electron chi connectivity index (χ2n) is 6.20. The number of hydrogen-bond acceptors (Lipinski definition) is 2. The Labute approximate surface area is 154 Å². The fraction of sp³-hybridized carbons (Fsp3) is 0.0417. The molecule has 0 aliphatic rings. The number of pyridine rings is 1. The third kappa shape index (κ3) is 3.22. The van der Waals surface area contributed by atoms with E-state index in [9.17, 15) is 0 Å². The van der Waals surface area contributed by atoms with E-state index in [1.165, 1.54) is 5.56 Å². The number of aryl methyl sites for hydroxylation is 1. The highest BCUT2D eigenvalue weighted by Gasteiger charge is 2.14. The number of nitrogens with zero attached hydrogens (tertiary/aromatic N) is 2. The summed E-state index contributed by atoms with van der Waals surface area (Å²) < 4.78 is 0. The molecule has 4 rings (SSSR count). The standard InChI is InChI=1S/C24H20N2/c1-19-11-8-9-16-22(19)23-17-10-18-24(25-23)26(20-12-4-2-5-13-20)21-14-6-3-7-15-21/h2-18H,1H3. The van der Waals surface area contributed by atoms with Crippen LogP contribution in [-0.2, 0) is 0 Å². The van der Waals surface area contributed by atoms with Crippen LogP contribution in [0.2, 0.25) is 0 Å². The summed E-state index contributed by atoms with van der Waals surface area (Å²) in [5, 5.41) is 0. The highest BCUT2D eigenvalue weighted by molar-refractivity contribution is 5.76. The number of anilines is 3. The van der Waals surface area contributed by atoms with E-state index in [4.69, 9.17) is 4.98 Å². The first-order valence-electron chi connectivity index (χ1n) is 8.76. The Kier molecular flexibility index (Phi) is 4.48. The third-order valence-electron chi connectivity index (χ3n) is 4.41. The van der Waals surface area contributed by atoms with Crippen molar-refractivity contribution < 1.29 is 0 Å². The zero-order valence-electron chi connectivity index (χ0n) is 14.7. The molecule has 0 aliphatic carbocycles. The van der Waals surface area contributed by atoms with Crippen LogP contribution in [0, 0.1) is 6.92 Å². The fourth-order valence-corrected chi connectivity index (χ4v) is 3.13. The summed E-state index contributed by atoms with van der Waals surface area (Å²) in [6.07, 6.45) is 0. The maximum absolute atomic E-state index is 4.98. The van der Waals surface area contributed by atoms with E-state index in [1.54, 1.807) is 0 Å². The van der Waals surface area contributed by atoms with Gasteiger partial charge in [0.2, 0.25) is 0 Å². The molecule has 0 unspecified atom stereocenters. The molecule has 0 fully saturated rings. The summed E-state index contributed by atoms with van der Waals surface area (Å²) in [6.45, 7) is 2.12. The molecule has 0 saturated carbocycles. The van der Waals surface area contributed by atoms with Crippen molar-refractivity contribution >= 4 is 17.2 Å². The average Bonchev–Trinajstić information content (AvgIpc) is 2.70. The molecule has 1 aromatic heterocycles. The molecule has 0 aliphatic heterocycles. The molecular formula is C24H20N2. The van der Waals surface area contributed by atoms with Crippen molar-refractivity contribution in [1.29, 1.82) is 0 Å². The second-order valence-corrected chi connectivity index (χ2v) is 6.20. The van der Waals surface area contributed by atoms with Gasteiger partial charge in [0.1, 0.15) is 5.82 Å². The van der Waals surface area contributed by atoms with Crippen molar-refractivity contribution in [1.82, 2.24) is 4.98 Å². The van der Waals surface area contributed by atoms with Gasteiger partial charge in [0, 0.05) is 16.9 Å². The normalized spacial score (nSPS) is 10.5. The van der Waals surface area contributed by atoms with Crippen molar-refractivity contribution in [3.63, 3.8) is 0 Å². The van der Waals surface area contributed by atoms with Crippen LogP contribution in [0.5, 0.6) is 0 Å². The van der Waals surface area contributed by atoms with Crippen LogP contribution in [0.15, 0.2) is 103 Å². The highest BCUT2D eigenvalue weighted by atomic mass is 15.2. The Morgan fingerprint density at radius 2 is 1.15 bits per heavy atom. The van der Waals surface area contributed by atoms with E-state index in [0.29, 0.717) is 0 Å². The second kappa shape index (κ2) is 7.24. The fourth-order valence-electron chi connectivity index (χ4n) is 3.13. The minimum atomic E-state index is 0.906. The molecule has 4 aromatic rings. The van der Waals surface area contributed by atoms with E-state index in [1.807, 2.05) is 12.1 Å². The molecule has 0 radical (unpaired) electrons. The quantitative estimate of drug-likeness (QED) is 0.421. The average molecular weight is 336 g/mol. The largest absolute Gasteiger partial charge is 0.295 e. The zero-order valence-corrected chi connectivity index (χ0v) is 14.7. The Morgan fingerprint density at radius 3 is 1.77 bits per heavy atom. The summed E-state index contributed by atoms with van der Waals surface area (Å²) in [5.41, 5.74) is 5.55. The lowest BCUT2D eigenvalue weighted by Crippen LogP contribution is -2.11. The summed E-state index contributed by atoms with van der Waals surface area (Å²) in [5.74, 6) is 0.906. The number of benzene rings is 3. The summed E-state index contributed by atoms with van der Waals surface area (Å²) >= 11 is 0. The molecule has 0 spiro atoms. The molecule has 3 aromatic carbocycles. The minimum absolute atomic E-state index is 0.906.